The number of oxazole rings is 1. The Morgan fingerprint density at radius 2 is 2.44 bits per heavy atom. The Bertz CT molecular complexity index is 319. The highest BCUT2D eigenvalue weighted by Gasteiger charge is 2.21. The number of hydrogen-bond donors (Lipinski definition) is 1. The lowest BCUT2D eigenvalue weighted by atomic mass is 10.1. The number of ether oxygens (including phenoxy) is 1. The summed E-state index contributed by atoms with van der Waals surface area (Å²) in [7, 11) is 1.95. The molecule has 0 aliphatic carbocycles. The lowest BCUT2D eigenvalue weighted by Crippen LogP contribution is -2.23. The number of aromatic nitrogens is 1. The van der Waals surface area contributed by atoms with Gasteiger partial charge in [0.15, 0.2) is 0 Å². The Balaban J connectivity index is 1.95. The molecule has 2 rings (SSSR count). The number of likely N-dealkylation sites (N-methyl/N-ethyl adjacent to an activating group) is 1. The van der Waals surface area contributed by atoms with E-state index in [1.165, 1.54) is 6.42 Å². The molecule has 0 aromatic carbocycles. The topological polar surface area (TPSA) is 47.3 Å². The quantitative estimate of drug-likeness (QED) is 0.850. The van der Waals surface area contributed by atoms with Crippen LogP contribution in [0.4, 0.5) is 0 Å². The highest BCUT2D eigenvalue weighted by Crippen LogP contribution is 2.27. The first-order chi connectivity index (χ1) is 7.79. The molecule has 4 heteroatoms. The number of rotatable bonds is 4. The molecule has 1 aromatic heterocycles. The second-order valence-corrected chi connectivity index (χ2v) is 4.41. The Morgan fingerprint density at radius 3 is 3.12 bits per heavy atom. The van der Waals surface area contributed by atoms with Crippen LogP contribution in [0.3, 0.4) is 0 Å². The van der Waals surface area contributed by atoms with E-state index in [1.54, 1.807) is 0 Å². The molecular weight excluding hydrogens is 204 g/mol. The van der Waals surface area contributed by atoms with Crippen molar-refractivity contribution in [1.82, 2.24) is 10.3 Å². The molecule has 0 radical (unpaired) electrons. The molecule has 1 aliphatic rings. The van der Waals surface area contributed by atoms with Crippen molar-refractivity contribution in [2.24, 2.45) is 0 Å². The van der Waals surface area contributed by atoms with Crippen LogP contribution in [-0.2, 0) is 11.2 Å². The highest BCUT2D eigenvalue weighted by atomic mass is 16.5. The normalized spacial score (nSPS) is 23.2. The molecule has 90 valence electrons. The third-order valence-corrected chi connectivity index (χ3v) is 3.03. The van der Waals surface area contributed by atoms with Gasteiger partial charge in [0.2, 0.25) is 5.89 Å². The van der Waals surface area contributed by atoms with Crippen molar-refractivity contribution in [3.63, 3.8) is 0 Å². The maximum atomic E-state index is 5.72. The molecule has 0 spiro atoms. The van der Waals surface area contributed by atoms with Crippen molar-refractivity contribution in [2.75, 3.05) is 13.7 Å². The molecule has 0 bridgehead atoms. The summed E-state index contributed by atoms with van der Waals surface area (Å²) in [5.41, 5.74) is 0. The van der Waals surface area contributed by atoms with E-state index in [0.29, 0.717) is 6.04 Å². The minimum atomic E-state index is 0.0763. The first-order valence-electron chi connectivity index (χ1n) is 6.03. The van der Waals surface area contributed by atoms with Gasteiger partial charge in [-0.15, -0.1) is 0 Å². The standard InChI is InChI=1S/C12H20N2O2/c1-9(13-2)7-10-8-14-12(16-10)11-5-3-4-6-15-11/h8-9,11,13H,3-7H2,1-2H3. The van der Waals surface area contributed by atoms with Crippen molar-refractivity contribution < 1.29 is 9.15 Å². The van der Waals surface area contributed by atoms with Gasteiger partial charge in [-0.1, -0.05) is 0 Å². The van der Waals surface area contributed by atoms with Crippen molar-refractivity contribution in [3.05, 3.63) is 17.8 Å². The Labute approximate surface area is 96.4 Å². The molecule has 1 saturated heterocycles. The summed E-state index contributed by atoms with van der Waals surface area (Å²) in [6, 6.07) is 0.410. The SMILES string of the molecule is CNC(C)Cc1cnc(C2CCCCO2)o1. The summed E-state index contributed by atoms with van der Waals surface area (Å²) in [5.74, 6) is 1.68. The van der Waals surface area contributed by atoms with E-state index in [4.69, 9.17) is 9.15 Å². The summed E-state index contributed by atoms with van der Waals surface area (Å²) in [6.07, 6.45) is 6.15. The molecule has 2 heterocycles. The van der Waals surface area contributed by atoms with Crippen molar-refractivity contribution in [3.8, 4) is 0 Å². The molecular formula is C12H20N2O2. The Hall–Kier alpha value is -0.870. The van der Waals surface area contributed by atoms with Crippen LogP contribution in [-0.4, -0.2) is 24.7 Å². The molecule has 2 atom stereocenters. The van der Waals surface area contributed by atoms with Crippen molar-refractivity contribution >= 4 is 0 Å². The summed E-state index contributed by atoms with van der Waals surface area (Å²) >= 11 is 0. The third-order valence-electron chi connectivity index (χ3n) is 3.03. The van der Waals surface area contributed by atoms with Crippen LogP contribution in [0.5, 0.6) is 0 Å². The fraction of sp³-hybridized carbons (Fsp3) is 0.750. The van der Waals surface area contributed by atoms with Gasteiger partial charge in [-0.2, -0.15) is 0 Å². The average molecular weight is 224 g/mol. The van der Waals surface area contributed by atoms with E-state index in [9.17, 15) is 0 Å². The summed E-state index contributed by atoms with van der Waals surface area (Å²) < 4.78 is 11.4. The Morgan fingerprint density at radius 1 is 1.56 bits per heavy atom. The molecule has 4 nitrogen and oxygen atoms in total. The minimum absolute atomic E-state index is 0.0763. The summed E-state index contributed by atoms with van der Waals surface area (Å²) in [5, 5.41) is 3.18. The van der Waals surface area contributed by atoms with E-state index in [2.05, 4.69) is 17.2 Å². The predicted octanol–water partition coefficient (Wildman–Crippen LogP) is 2.07. The maximum absolute atomic E-state index is 5.72. The lowest BCUT2D eigenvalue weighted by molar-refractivity contribution is -0.00208. The largest absolute Gasteiger partial charge is 0.443 e. The van der Waals surface area contributed by atoms with E-state index in [0.717, 1.165) is 37.5 Å². The molecule has 16 heavy (non-hydrogen) atoms. The van der Waals surface area contributed by atoms with Crippen LogP contribution >= 0.6 is 0 Å². The molecule has 0 amide bonds. The van der Waals surface area contributed by atoms with Gasteiger partial charge in [0, 0.05) is 19.1 Å². The second kappa shape index (κ2) is 5.46. The first-order valence-corrected chi connectivity index (χ1v) is 6.03. The van der Waals surface area contributed by atoms with Gasteiger partial charge in [-0.25, -0.2) is 4.98 Å². The van der Waals surface area contributed by atoms with Crippen LogP contribution in [0.1, 0.15) is 43.9 Å². The minimum Gasteiger partial charge on any atom is -0.443 e. The smallest absolute Gasteiger partial charge is 0.223 e. The van der Waals surface area contributed by atoms with E-state index < -0.39 is 0 Å². The zero-order valence-corrected chi connectivity index (χ0v) is 10.0. The zero-order chi connectivity index (χ0) is 11.4. The monoisotopic (exact) mass is 224 g/mol. The third kappa shape index (κ3) is 2.83. The van der Waals surface area contributed by atoms with E-state index >= 15 is 0 Å². The van der Waals surface area contributed by atoms with Gasteiger partial charge in [0.25, 0.3) is 0 Å². The summed E-state index contributed by atoms with van der Waals surface area (Å²) in [6.45, 7) is 2.95. The van der Waals surface area contributed by atoms with Gasteiger partial charge in [0.05, 0.1) is 6.20 Å². The van der Waals surface area contributed by atoms with E-state index in [1.807, 2.05) is 13.2 Å². The van der Waals surface area contributed by atoms with Gasteiger partial charge in [0.1, 0.15) is 11.9 Å². The van der Waals surface area contributed by atoms with Gasteiger partial charge < -0.3 is 14.5 Å². The number of nitrogens with zero attached hydrogens (tertiary/aromatic N) is 1. The molecule has 1 aliphatic heterocycles. The fourth-order valence-corrected chi connectivity index (χ4v) is 1.91. The highest BCUT2D eigenvalue weighted by molar-refractivity contribution is 4.99. The molecule has 2 unspecified atom stereocenters. The van der Waals surface area contributed by atoms with Crippen LogP contribution in [0.15, 0.2) is 10.6 Å². The van der Waals surface area contributed by atoms with Crippen molar-refractivity contribution in [1.29, 1.82) is 0 Å². The summed E-state index contributed by atoms with van der Waals surface area (Å²) in [4.78, 5) is 4.31. The van der Waals surface area contributed by atoms with E-state index in [-0.39, 0.29) is 6.10 Å². The maximum Gasteiger partial charge on any atom is 0.223 e. The molecule has 1 aromatic rings. The molecule has 0 saturated carbocycles. The first kappa shape index (κ1) is 11.6. The number of hydrogen-bond acceptors (Lipinski definition) is 4. The average Bonchev–Trinajstić information content (AvgIpc) is 2.78. The lowest BCUT2D eigenvalue weighted by Gasteiger charge is -2.19. The fourth-order valence-electron chi connectivity index (χ4n) is 1.91. The predicted molar refractivity (Wildman–Crippen MR) is 61.3 cm³/mol. The van der Waals surface area contributed by atoms with Crippen LogP contribution in [0.25, 0.3) is 0 Å². The van der Waals surface area contributed by atoms with Crippen LogP contribution < -0.4 is 5.32 Å². The Kier molecular flexibility index (Phi) is 3.96. The van der Waals surface area contributed by atoms with Crippen LogP contribution in [0, 0.1) is 0 Å². The number of nitrogens with one attached hydrogen (secondary N) is 1. The van der Waals surface area contributed by atoms with Gasteiger partial charge >= 0.3 is 0 Å². The van der Waals surface area contributed by atoms with Crippen molar-refractivity contribution in [2.45, 2.75) is 44.8 Å². The molecule has 1 fully saturated rings. The van der Waals surface area contributed by atoms with Gasteiger partial charge in [-0.3, -0.25) is 0 Å². The second-order valence-electron chi connectivity index (χ2n) is 4.41. The molecule has 1 N–H and O–H groups in total. The zero-order valence-electron chi connectivity index (χ0n) is 10.0. The van der Waals surface area contributed by atoms with Gasteiger partial charge in [-0.05, 0) is 33.2 Å². The van der Waals surface area contributed by atoms with Crippen LogP contribution in [0.2, 0.25) is 0 Å².